The van der Waals surface area contributed by atoms with Crippen LogP contribution in [-0.2, 0) is 0 Å². The summed E-state index contributed by atoms with van der Waals surface area (Å²) in [5.74, 6) is -1.44. The van der Waals surface area contributed by atoms with Crippen molar-refractivity contribution < 1.29 is 23.5 Å². The maximum absolute atomic E-state index is 14.2. The Bertz CT molecular complexity index is 1170. The van der Waals surface area contributed by atoms with Gasteiger partial charge in [-0.2, -0.15) is 10.5 Å². The molecule has 2 amide bonds. The Balaban J connectivity index is 1.79. The summed E-state index contributed by atoms with van der Waals surface area (Å²) in [6.07, 6.45) is 0. The molecule has 0 heterocycles. The summed E-state index contributed by atoms with van der Waals surface area (Å²) in [4.78, 5) is 25.4. The van der Waals surface area contributed by atoms with Crippen LogP contribution in [-0.4, -0.2) is 25.0 Å². The zero-order valence-electron chi connectivity index (χ0n) is 17.2. The molecule has 3 aromatic carbocycles. The first-order valence-electron chi connectivity index (χ1n) is 9.62. The molecule has 164 valence electrons. The number of nitriles is 2. The molecule has 3 rings (SSSR count). The van der Waals surface area contributed by atoms with E-state index in [1.54, 1.807) is 24.3 Å². The predicted molar refractivity (Wildman–Crippen MR) is 117 cm³/mol. The molecule has 2 N–H and O–H groups in total. The minimum Gasteiger partial charge on any atom is -0.478 e. The molecule has 9 heteroatoms. The van der Waals surface area contributed by atoms with Crippen LogP contribution < -0.4 is 20.1 Å². The number of ether oxygens (including phenoxy) is 2. The molecular formula is C24H17FN4O4. The van der Waals surface area contributed by atoms with Crippen molar-refractivity contribution >= 4 is 23.2 Å². The standard InChI is InChI=1S/C24H17FN4O4/c25-16-13-17(28-23(30)19-5-1-3-7-21(19)32-11-9-26)15-18(14-16)29-24(31)20-6-2-4-8-22(20)33-12-10-27/h1-8,13-15H,11-12H2,(H,28,30)(H,29,31). The number of nitrogens with one attached hydrogen (secondary N) is 2. The van der Waals surface area contributed by atoms with Crippen molar-refractivity contribution in [1.29, 1.82) is 10.5 Å². The first-order valence-corrected chi connectivity index (χ1v) is 9.62. The molecule has 0 aliphatic rings. The Morgan fingerprint density at radius 2 is 1.18 bits per heavy atom. The number of anilines is 2. The molecule has 33 heavy (non-hydrogen) atoms. The summed E-state index contributed by atoms with van der Waals surface area (Å²) in [6, 6.07) is 19.8. The number of amides is 2. The van der Waals surface area contributed by atoms with Crippen LogP contribution in [0.4, 0.5) is 15.8 Å². The van der Waals surface area contributed by atoms with E-state index in [-0.39, 0.29) is 47.2 Å². The third-order valence-corrected chi connectivity index (χ3v) is 4.26. The van der Waals surface area contributed by atoms with Gasteiger partial charge in [-0.1, -0.05) is 24.3 Å². The molecule has 0 saturated carbocycles. The van der Waals surface area contributed by atoms with Crippen LogP contribution in [0.25, 0.3) is 0 Å². The second kappa shape index (κ2) is 10.9. The van der Waals surface area contributed by atoms with Crippen molar-refractivity contribution in [1.82, 2.24) is 0 Å². The van der Waals surface area contributed by atoms with Gasteiger partial charge in [0.2, 0.25) is 0 Å². The van der Waals surface area contributed by atoms with Crippen molar-refractivity contribution in [2.75, 3.05) is 23.8 Å². The number of halogens is 1. The normalized spacial score (nSPS) is 9.79. The topological polar surface area (TPSA) is 124 Å². The first-order chi connectivity index (χ1) is 16.0. The summed E-state index contributed by atoms with van der Waals surface area (Å²) >= 11 is 0. The Morgan fingerprint density at radius 3 is 1.61 bits per heavy atom. The highest BCUT2D eigenvalue weighted by molar-refractivity contribution is 6.08. The Morgan fingerprint density at radius 1 is 0.758 bits per heavy atom. The SMILES string of the molecule is N#CCOc1ccccc1C(=O)Nc1cc(F)cc(NC(=O)c2ccccc2OCC#N)c1. The Kier molecular flexibility index (Phi) is 7.55. The number of para-hydroxylation sites is 2. The van der Waals surface area contributed by atoms with Crippen molar-refractivity contribution in [3.05, 3.63) is 83.7 Å². The van der Waals surface area contributed by atoms with Crippen molar-refractivity contribution in [3.8, 4) is 23.6 Å². The van der Waals surface area contributed by atoms with E-state index in [4.69, 9.17) is 20.0 Å². The quantitative estimate of drug-likeness (QED) is 0.538. The predicted octanol–water partition coefficient (Wildman–Crippen LogP) is 4.14. The van der Waals surface area contributed by atoms with Crippen molar-refractivity contribution in [2.45, 2.75) is 0 Å². The van der Waals surface area contributed by atoms with Gasteiger partial charge in [-0.05, 0) is 42.5 Å². The van der Waals surface area contributed by atoms with E-state index in [1.165, 1.54) is 30.3 Å². The minimum absolute atomic E-state index is 0.0967. The van der Waals surface area contributed by atoms with Crippen LogP contribution in [0.1, 0.15) is 20.7 Å². The highest BCUT2D eigenvalue weighted by atomic mass is 19.1. The van der Waals surface area contributed by atoms with Crippen molar-refractivity contribution in [2.24, 2.45) is 0 Å². The fourth-order valence-electron chi connectivity index (χ4n) is 2.91. The fourth-order valence-corrected chi connectivity index (χ4v) is 2.91. The minimum atomic E-state index is -0.689. The second-order valence-electron chi connectivity index (χ2n) is 6.52. The lowest BCUT2D eigenvalue weighted by Crippen LogP contribution is -2.16. The molecule has 0 atom stereocenters. The zero-order valence-corrected chi connectivity index (χ0v) is 17.2. The van der Waals surface area contributed by atoms with Crippen LogP contribution in [0.2, 0.25) is 0 Å². The monoisotopic (exact) mass is 444 g/mol. The number of nitrogens with zero attached hydrogens (tertiary/aromatic N) is 2. The number of carbonyl (C=O) groups excluding carboxylic acids is 2. The van der Waals surface area contributed by atoms with Gasteiger partial charge in [0.15, 0.2) is 13.2 Å². The number of hydrogen-bond acceptors (Lipinski definition) is 6. The van der Waals surface area contributed by atoms with Gasteiger partial charge in [0.05, 0.1) is 11.1 Å². The maximum Gasteiger partial charge on any atom is 0.259 e. The van der Waals surface area contributed by atoms with Crippen LogP contribution in [0.5, 0.6) is 11.5 Å². The second-order valence-corrected chi connectivity index (χ2v) is 6.52. The van der Waals surface area contributed by atoms with E-state index in [0.29, 0.717) is 0 Å². The molecule has 0 aliphatic heterocycles. The van der Waals surface area contributed by atoms with E-state index < -0.39 is 17.6 Å². The molecule has 0 bridgehead atoms. The molecular weight excluding hydrogens is 427 g/mol. The van der Waals surface area contributed by atoms with Crippen molar-refractivity contribution in [3.63, 3.8) is 0 Å². The van der Waals surface area contributed by atoms with Crippen LogP contribution in [0.3, 0.4) is 0 Å². The van der Waals surface area contributed by atoms with E-state index >= 15 is 0 Å². The van der Waals surface area contributed by atoms with Gasteiger partial charge in [-0.3, -0.25) is 9.59 Å². The highest BCUT2D eigenvalue weighted by Gasteiger charge is 2.16. The molecule has 0 radical (unpaired) electrons. The van der Waals surface area contributed by atoms with Gasteiger partial charge in [-0.25, -0.2) is 4.39 Å². The van der Waals surface area contributed by atoms with Gasteiger partial charge in [0.1, 0.15) is 29.5 Å². The summed E-state index contributed by atoms with van der Waals surface area (Å²) in [5, 5.41) is 22.5. The molecule has 0 aliphatic carbocycles. The molecule has 0 saturated heterocycles. The smallest absolute Gasteiger partial charge is 0.259 e. The Hall–Kier alpha value is -4.89. The lowest BCUT2D eigenvalue weighted by Gasteiger charge is -2.13. The van der Waals surface area contributed by atoms with E-state index in [0.717, 1.165) is 12.1 Å². The van der Waals surface area contributed by atoms with Gasteiger partial charge in [-0.15, -0.1) is 0 Å². The summed E-state index contributed by atoms with van der Waals surface area (Å²) in [7, 11) is 0. The molecule has 0 unspecified atom stereocenters. The summed E-state index contributed by atoms with van der Waals surface area (Å²) in [6.45, 7) is -0.472. The third-order valence-electron chi connectivity index (χ3n) is 4.26. The number of rotatable bonds is 8. The zero-order chi connectivity index (χ0) is 23.6. The fraction of sp³-hybridized carbons (Fsp3) is 0.0833. The summed E-state index contributed by atoms with van der Waals surface area (Å²) in [5.41, 5.74) is 0.510. The first kappa shape index (κ1) is 22.8. The van der Waals surface area contributed by atoms with E-state index in [2.05, 4.69) is 10.6 Å². The number of hydrogen-bond donors (Lipinski definition) is 2. The average Bonchev–Trinajstić information content (AvgIpc) is 2.81. The summed E-state index contributed by atoms with van der Waals surface area (Å²) < 4.78 is 24.7. The highest BCUT2D eigenvalue weighted by Crippen LogP contribution is 2.24. The lowest BCUT2D eigenvalue weighted by atomic mass is 10.1. The van der Waals surface area contributed by atoms with E-state index in [9.17, 15) is 14.0 Å². The molecule has 3 aromatic rings. The van der Waals surface area contributed by atoms with Crippen LogP contribution in [0.15, 0.2) is 66.7 Å². The van der Waals surface area contributed by atoms with E-state index in [1.807, 2.05) is 12.1 Å². The van der Waals surface area contributed by atoms with Crippen LogP contribution in [0, 0.1) is 28.5 Å². The maximum atomic E-state index is 14.2. The van der Waals surface area contributed by atoms with Crippen LogP contribution >= 0.6 is 0 Å². The number of carbonyl (C=O) groups is 2. The lowest BCUT2D eigenvalue weighted by molar-refractivity contribution is 0.101. The van der Waals surface area contributed by atoms with Gasteiger partial charge in [0, 0.05) is 11.4 Å². The third kappa shape index (κ3) is 6.06. The molecule has 0 aromatic heterocycles. The number of benzene rings is 3. The Labute approximate surface area is 188 Å². The van der Waals surface area contributed by atoms with Gasteiger partial charge >= 0.3 is 0 Å². The molecule has 0 fully saturated rings. The average molecular weight is 444 g/mol. The largest absolute Gasteiger partial charge is 0.478 e. The molecule has 8 nitrogen and oxygen atoms in total. The molecule has 0 spiro atoms. The van der Waals surface area contributed by atoms with Gasteiger partial charge < -0.3 is 20.1 Å². The van der Waals surface area contributed by atoms with Gasteiger partial charge in [0.25, 0.3) is 11.8 Å².